The molecule has 9 heteroatoms. The number of nitrogens with one attached hydrogen (secondary N) is 1. The molecule has 1 atom stereocenters. The molecule has 2 aromatic rings. The maximum atomic E-state index is 13.3. The van der Waals surface area contributed by atoms with E-state index in [4.69, 9.17) is 10.5 Å². The highest BCUT2D eigenvalue weighted by atomic mass is 32.1. The number of benzene rings is 1. The molecule has 1 aliphatic heterocycles. The van der Waals surface area contributed by atoms with E-state index in [0.29, 0.717) is 35.9 Å². The molecule has 2 amide bonds. The average molecular weight is 470 g/mol. The largest absolute Gasteiger partial charge is 0.444 e. The number of hydrogen-bond acceptors (Lipinski definition) is 7. The van der Waals surface area contributed by atoms with Crippen molar-refractivity contribution in [3.05, 3.63) is 51.7 Å². The third-order valence-electron chi connectivity index (χ3n) is 5.21. The number of nitriles is 1. The van der Waals surface area contributed by atoms with Crippen LogP contribution >= 0.6 is 11.3 Å². The van der Waals surface area contributed by atoms with Gasteiger partial charge >= 0.3 is 6.09 Å². The number of carbonyl (C=O) groups is 2. The number of anilines is 1. The molecule has 1 aliphatic rings. The Morgan fingerprint density at radius 3 is 2.79 bits per heavy atom. The molecule has 2 heterocycles. The first kappa shape index (κ1) is 24.6. The minimum atomic E-state index is -0.557. The van der Waals surface area contributed by atoms with E-state index < -0.39 is 11.7 Å². The van der Waals surface area contributed by atoms with E-state index in [1.165, 1.54) is 11.3 Å². The van der Waals surface area contributed by atoms with Gasteiger partial charge in [-0.2, -0.15) is 5.26 Å². The van der Waals surface area contributed by atoms with Gasteiger partial charge in [0.25, 0.3) is 5.91 Å². The topological polar surface area (TPSA) is 112 Å². The molecule has 1 fully saturated rings. The lowest BCUT2D eigenvalue weighted by Gasteiger charge is -2.36. The van der Waals surface area contributed by atoms with Crippen molar-refractivity contribution >= 4 is 29.0 Å². The lowest BCUT2D eigenvalue weighted by molar-refractivity contribution is 0.0407. The number of carbonyl (C=O) groups excluding carboxylic acids is 2. The van der Waals surface area contributed by atoms with Crippen LogP contribution < -0.4 is 11.1 Å². The van der Waals surface area contributed by atoms with Crippen LogP contribution in [0.3, 0.4) is 0 Å². The molecule has 3 rings (SSSR count). The van der Waals surface area contributed by atoms with Gasteiger partial charge in [-0.05, 0) is 57.9 Å². The number of alkyl carbamates (subject to hydrolysis) is 1. The van der Waals surface area contributed by atoms with E-state index in [1.54, 1.807) is 22.4 Å². The highest BCUT2D eigenvalue weighted by Crippen LogP contribution is 2.22. The first-order valence-electron chi connectivity index (χ1n) is 11.0. The monoisotopic (exact) mass is 469 g/mol. The summed E-state index contributed by atoms with van der Waals surface area (Å²) in [6.07, 6.45) is 1.31. The van der Waals surface area contributed by atoms with Crippen molar-refractivity contribution in [2.24, 2.45) is 0 Å². The van der Waals surface area contributed by atoms with Crippen LogP contribution in [0, 0.1) is 11.3 Å². The van der Waals surface area contributed by atoms with E-state index in [2.05, 4.69) is 16.3 Å². The van der Waals surface area contributed by atoms with E-state index in [0.717, 1.165) is 24.9 Å². The van der Waals surface area contributed by atoms with Crippen molar-refractivity contribution < 1.29 is 14.3 Å². The van der Waals surface area contributed by atoms with Gasteiger partial charge in [-0.1, -0.05) is 18.2 Å². The Balaban J connectivity index is 1.73. The number of piperidine rings is 1. The molecular weight excluding hydrogens is 438 g/mol. The van der Waals surface area contributed by atoms with Crippen LogP contribution in [-0.4, -0.2) is 53.2 Å². The normalized spacial score (nSPS) is 16.6. The maximum absolute atomic E-state index is 13.3. The number of rotatable bonds is 6. The molecule has 1 saturated heterocycles. The van der Waals surface area contributed by atoms with Crippen LogP contribution in [0.25, 0.3) is 0 Å². The fourth-order valence-corrected chi connectivity index (χ4v) is 4.56. The van der Waals surface area contributed by atoms with Crippen molar-refractivity contribution in [1.29, 1.82) is 5.26 Å². The molecule has 1 aromatic carbocycles. The Morgan fingerprint density at radius 2 is 2.12 bits per heavy atom. The van der Waals surface area contributed by atoms with Crippen LogP contribution in [0.1, 0.15) is 54.4 Å². The zero-order valence-electron chi connectivity index (χ0n) is 19.3. The van der Waals surface area contributed by atoms with Crippen LogP contribution in [-0.2, 0) is 11.3 Å². The molecule has 0 saturated carbocycles. The van der Waals surface area contributed by atoms with Crippen molar-refractivity contribution in [1.82, 2.24) is 15.1 Å². The Labute approximate surface area is 198 Å². The standard InChI is InChI=1S/C24H31N5O3S/c1-24(2,3)32-23(31)27-20-9-6-10-28(14-20)16-29(22(30)21-11-19(26)15-33-21)13-18-8-5-4-7-17(18)12-25/h4-5,7-8,11,15,20H,6,9-10,13-14,16,26H2,1-3H3,(H,27,31)/t20-/m1/s1. The van der Waals surface area contributed by atoms with Gasteiger partial charge in [-0.25, -0.2) is 4.79 Å². The van der Waals surface area contributed by atoms with Gasteiger partial charge in [0.1, 0.15) is 5.60 Å². The van der Waals surface area contributed by atoms with E-state index in [9.17, 15) is 14.9 Å². The summed E-state index contributed by atoms with van der Waals surface area (Å²) in [4.78, 5) is 30.0. The second-order valence-corrected chi connectivity index (χ2v) is 10.1. The highest BCUT2D eigenvalue weighted by Gasteiger charge is 2.27. The zero-order chi connectivity index (χ0) is 24.0. The first-order chi connectivity index (χ1) is 15.6. The lowest BCUT2D eigenvalue weighted by atomic mass is 10.1. The van der Waals surface area contributed by atoms with E-state index >= 15 is 0 Å². The molecule has 8 nitrogen and oxygen atoms in total. The van der Waals surface area contributed by atoms with Crippen LogP contribution in [0.5, 0.6) is 0 Å². The van der Waals surface area contributed by atoms with Gasteiger partial charge in [0, 0.05) is 30.2 Å². The number of nitrogens with zero attached hydrogens (tertiary/aromatic N) is 3. The molecule has 0 aliphatic carbocycles. The predicted octanol–water partition coefficient (Wildman–Crippen LogP) is 3.79. The SMILES string of the molecule is CC(C)(C)OC(=O)N[C@@H]1CCCN(CN(Cc2ccccc2C#N)C(=O)c2cc(N)cs2)C1. The van der Waals surface area contributed by atoms with Gasteiger partial charge in [0.15, 0.2) is 0 Å². The molecule has 33 heavy (non-hydrogen) atoms. The highest BCUT2D eigenvalue weighted by molar-refractivity contribution is 7.12. The molecular formula is C24H31N5O3S. The molecule has 0 radical (unpaired) electrons. The van der Waals surface area contributed by atoms with Gasteiger partial charge in [0.05, 0.1) is 23.2 Å². The predicted molar refractivity (Wildman–Crippen MR) is 129 cm³/mol. The minimum absolute atomic E-state index is 0.0608. The number of amides is 2. The van der Waals surface area contributed by atoms with Crippen molar-refractivity contribution in [3.8, 4) is 6.07 Å². The molecule has 0 spiro atoms. The summed E-state index contributed by atoms with van der Waals surface area (Å²) in [7, 11) is 0. The van der Waals surface area contributed by atoms with Crippen molar-refractivity contribution in [2.45, 2.75) is 51.8 Å². The molecule has 0 unspecified atom stereocenters. The van der Waals surface area contributed by atoms with Gasteiger partial charge in [0.2, 0.25) is 0 Å². The average Bonchev–Trinajstić information content (AvgIpc) is 3.18. The molecule has 1 aromatic heterocycles. The quantitative estimate of drug-likeness (QED) is 0.666. The molecule has 176 valence electrons. The number of hydrogen-bond donors (Lipinski definition) is 2. The number of likely N-dealkylation sites (tertiary alicyclic amines) is 1. The number of ether oxygens (including phenoxy) is 1. The Morgan fingerprint density at radius 1 is 1.36 bits per heavy atom. The summed E-state index contributed by atoms with van der Waals surface area (Å²) in [5.41, 5.74) is 7.18. The third kappa shape index (κ3) is 7.20. The Bertz CT molecular complexity index is 1020. The lowest BCUT2D eigenvalue weighted by Crippen LogP contribution is -2.52. The maximum Gasteiger partial charge on any atom is 0.407 e. The summed E-state index contributed by atoms with van der Waals surface area (Å²) in [5, 5.41) is 14.2. The van der Waals surface area contributed by atoms with Crippen LogP contribution in [0.4, 0.5) is 10.5 Å². The summed E-state index contributed by atoms with van der Waals surface area (Å²) in [6, 6.07) is 11.1. The van der Waals surface area contributed by atoms with Crippen LogP contribution in [0.15, 0.2) is 35.7 Å². The minimum Gasteiger partial charge on any atom is -0.444 e. The summed E-state index contributed by atoms with van der Waals surface area (Å²) in [5.74, 6) is -0.133. The van der Waals surface area contributed by atoms with E-state index in [-0.39, 0.29) is 11.9 Å². The summed E-state index contributed by atoms with van der Waals surface area (Å²) >= 11 is 1.31. The summed E-state index contributed by atoms with van der Waals surface area (Å²) in [6.45, 7) is 7.60. The fourth-order valence-electron chi connectivity index (χ4n) is 3.80. The zero-order valence-corrected chi connectivity index (χ0v) is 20.2. The number of nitrogen functional groups attached to an aromatic ring is 1. The van der Waals surface area contributed by atoms with E-state index in [1.807, 2.05) is 39.0 Å². The van der Waals surface area contributed by atoms with Gasteiger partial charge in [-0.15, -0.1) is 11.3 Å². The van der Waals surface area contributed by atoms with Crippen LogP contribution in [0.2, 0.25) is 0 Å². The van der Waals surface area contributed by atoms with Gasteiger partial charge in [-0.3, -0.25) is 9.69 Å². The summed E-state index contributed by atoms with van der Waals surface area (Å²) < 4.78 is 5.39. The second kappa shape index (κ2) is 10.7. The number of thiophene rings is 1. The van der Waals surface area contributed by atoms with Gasteiger partial charge < -0.3 is 20.7 Å². The Kier molecular flexibility index (Phi) is 7.95. The fraction of sp³-hybridized carbons (Fsp3) is 0.458. The first-order valence-corrected chi connectivity index (χ1v) is 11.9. The third-order valence-corrected chi connectivity index (χ3v) is 6.15. The number of nitrogens with two attached hydrogens (primary N) is 1. The second-order valence-electron chi connectivity index (χ2n) is 9.22. The Hall–Kier alpha value is -3.09. The molecule has 0 bridgehead atoms. The smallest absolute Gasteiger partial charge is 0.407 e. The van der Waals surface area contributed by atoms with Crippen molar-refractivity contribution in [2.75, 3.05) is 25.5 Å². The van der Waals surface area contributed by atoms with Crippen molar-refractivity contribution in [3.63, 3.8) is 0 Å². The molecule has 3 N–H and O–H groups in total.